The van der Waals surface area contributed by atoms with Crippen LogP contribution in [0.2, 0.25) is 0 Å². The van der Waals surface area contributed by atoms with E-state index in [1.165, 1.54) is 12.1 Å². The van der Waals surface area contributed by atoms with Crippen LogP contribution in [0, 0.1) is 5.82 Å². The summed E-state index contributed by atoms with van der Waals surface area (Å²) in [6, 6.07) is 6.09. The highest BCUT2D eigenvalue weighted by molar-refractivity contribution is 5.95. The van der Waals surface area contributed by atoms with Crippen molar-refractivity contribution in [3.8, 4) is 0 Å². The molecule has 1 spiro atoms. The zero-order chi connectivity index (χ0) is 17.9. The summed E-state index contributed by atoms with van der Waals surface area (Å²) in [4.78, 5) is 27.9. The van der Waals surface area contributed by atoms with E-state index in [1.807, 2.05) is 4.90 Å². The molecule has 2 fully saturated rings. The van der Waals surface area contributed by atoms with Crippen LogP contribution in [0.4, 0.5) is 10.1 Å². The molecular formula is C19H25FN2O3. The monoisotopic (exact) mass is 348 g/mol. The molecule has 25 heavy (non-hydrogen) atoms. The van der Waals surface area contributed by atoms with Crippen LogP contribution in [0.15, 0.2) is 24.3 Å². The third kappa shape index (κ3) is 4.00. The molecule has 2 saturated heterocycles. The Labute approximate surface area is 147 Å². The van der Waals surface area contributed by atoms with Gasteiger partial charge < -0.3 is 14.5 Å². The Morgan fingerprint density at radius 1 is 1.32 bits per heavy atom. The van der Waals surface area contributed by atoms with Gasteiger partial charge in [-0.15, -0.1) is 0 Å². The first kappa shape index (κ1) is 17.9. The van der Waals surface area contributed by atoms with E-state index >= 15 is 0 Å². The molecule has 1 aromatic rings. The highest BCUT2D eigenvalue weighted by Gasteiger charge is 2.43. The van der Waals surface area contributed by atoms with E-state index in [-0.39, 0.29) is 24.2 Å². The van der Waals surface area contributed by atoms with E-state index in [2.05, 4.69) is 6.92 Å². The van der Waals surface area contributed by atoms with Gasteiger partial charge in [-0.1, -0.05) is 19.4 Å². The van der Waals surface area contributed by atoms with Crippen LogP contribution >= 0.6 is 0 Å². The average molecular weight is 348 g/mol. The second-order valence-electron chi connectivity index (χ2n) is 6.92. The van der Waals surface area contributed by atoms with E-state index in [0.717, 1.165) is 12.8 Å². The quantitative estimate of drug-likeness (QED) is 0.841. The summed E-state index contributed by atoms with van der Waals surface area (Å²) in [6.45, 7) is 3.78. The number of hydrogen-bond donors (Lipinski definition) is 0. The normalized spacial score (nSPS) is 20.2. The Morgan fingerprint density at radius 3 is 2.76 bits per heavy atom. The number of unbranched alkanes of at least 4 members (excludes halogenated alkanes) is 1. The Bertz CT molecular complexity index is 641. The molecule has 2 aliphatic heterocycles. The molecule has 2 heterocycles. The number of ether oxygens (including phenoxy) is 1. The minimum Gasteiger partial charge on any atom is -0.363 e. The van der Waals surface area contributed by atoms with Crippen LogP contribution in [0.25, 0.3) is 0 Å². The number of halogens is 1. The van der Waals surface area contributed by atoms with E-state index in [0.29, 0.717) is 44.6 Å². The van der Waals surface area contributed by atoms with Gasteiger partial charge in [0.1, 0.15) is 12.4 Å². The van der Waals surface area contributed by atoms with Gasteiger partial charge in [0, 0.05) is 25.2 Å². The minimum absolute atomic E-state index is 0.000292. The van der Waals surface area contributed by atoms with Crippen molar-refractivity contribution in [3.63, 3.8) is 0 Å². The number of benzene rings is 1. The zero-order valence-electron chi connectivity index (χ0n) is 14.7. The second kappa shape index (κ2) is 7.52. The number of rotatable bonds is 4. The number of nitrogens with zero attached hydrogens (tertiary/aromatic N) is 2. The summed E-state index contributed by atoms with van der Waals surface area (Å²) in [5, 5.41) is 0. The van der Waals surface area contributed by atoms with Gasteiger partial charge in [-0.3, -0.25) is 9.59 Å². The fourth-order valence-electron chi connectivity index (χ4n) is 3.55. The zero-order valence-corrected chi connectivity index (χ0v) is 14.7. The van der Waals surface area contributed by atoms with Crippen molar-refractivity contribution in [1.29, 1.82) is 0 Å². The highest BCUT2D eigenvalue weighted by atomic mass is 19.1. The maximum absolute atomic E-state index is 13.5. The smallest absolute Gasteiger partial charge is 0.253 e. The maximum Gasteiger partial charge on any atom is 0.253 e. The summed E-state index contributed by atoms with van der Waals surface area (Å²) in [5.41, 5.74) is 0.121. The van der Waals surface area contributed by atoms with Gasteiger partial charge in [0.15, 0.2) is 0 Å². The van der Waals surface area contributed by atoms with Gasteiger partial charge in [0.05, 0.1) is 12.1 Å². The Balaban J connectivity index is 1.65. The summed E-state index contributed by atoms with van der Waals surface area (Å²) < 4.78 is 19.4. The van der Waals surface area contributed by atoms with Gasteiger partial charge in [-0.25, -0.2) is 4.39 Å². The van der Waals surface area contributed by atoms with Crippen LogP contribution in [0.5, 0.6) is 0 Å². The Hall–Kier alpha value is -1.95. The van der Waals surface area contributed by atoms with Crippen LogP contribution in [-0.2, 0) is 14.3 Å². The van der Waals surface area contributed by atoms with Crippen molar-refractivity contribution in [3.05, 3.63) is 30.1 Å². The molecule has 5 nitrogen and oxygen atoms in total. The average Bonchev–Trinajstić information content (AvgIpc) is 2.62. The van der Waals surface area contributed by atoms with Crippen molar-refractivity contribution in [2.45, 2.75) is 44.6 Å². The minimum atomic E-state index is -0.443. The van der Waals surface area contributed by atoms with Crippen molar-refractivity contribution in [1.82, 2.24) is 4.90 Å². The van der Waals surface area contributed by atoms with E-state index in [4.69, 9.17) is 4.74 Å². The largest absolute Gasteiger partial charge is 0.363 e. The highest BCUT2D eigenvalue weighted by Crippen LogP contribution is 2.33. The lowest BCUT2D eigenvalue weighted by molar-refractivity contribution is -0.150. The molecule has 2 aliphatic rings. The molecule has 6 heteroatoms. The predicted octanol–water partition coefficient (Wildman–Crippen LogP) is 2.74. The van der Waals surface area contributed by atoms with Crippen LogP contribution in [-0.4, -0.2) is 48.6 Å². The number of morpholine rings is 1. The fraction of sp³-hybridized carbons (Fsp3) is 0.579. The van der Waals surface area contributed by atoms with Crippen LogP contribution in [0.3, 0.4) is 0 Å². The number of amides is 2. The van der Waals surface area contributed by atoms with Crippen LogP contribution in [0.1, 0.15) is 39.0 Å². The number of anilines is 1. The number of carbonyl (C=O) groups excluding carboxylic acids is 2. The number of piperidine rings is 1. The third-order valence-electron chi connectivity index (χ3n) is 5.14. The van der Waals surface area contributed by atoms with Gasteiger partial charge in [0.25, 0.3) is 5.91 Å². The summed E-state index contributed by atoms with van der Waals surface area (Å²) in [5.74, 6) is -0.314. The number of likely N-dealkylation sites (tertiary alicyclic amines) is 1. The lowest BCUT2D eigenvalue weighted by atomic mass is 9.88. The predicted molar refractivity (Wildman–Crippen MR) is 92.8 cm³/mol. The van der Waals surface area contributed by atoms with Crippen molar-refractivity contribution >= 4 is 17.5 Å². The lowest BCUT2D eigenvalue weighted by Gasteiger charge is -2.47. The van der Waals surface area contributed by atoms with Gasteiger partial charge in [0.2, 0.25) is 5.91 Å². The third-order valence-corrected chi connectivity index (χ3v) is 5.14. The SMILES string of the molecule is CCCCC(=O)N1CCC2(CC1)CN(c1cccc(F)c1)C(=O)CO2. The first-order valence-corrected chi connectivity index (χ1v) is 9.01. The number of hydrogen-bond acceptors (Lipinski definition) is 3. The molecule has 2 amide bonds. The molecule has 136 valence electrons. The van der Waals surface area contributed by atoms with Gasteiger partial charge in [-0.05, 0) is 37.5 Å². The molecule has 1 aromatic carbocycles. The second-order valence-corrected chi connectivity index (χ2v) is 6.92. The molecule has 0 bridgehead atoms. The molecule has 0 aliphatic carbocycles. The maximum atomic E-state index is 13.5. The summed E-state index contributed by atoms with van der Waals surface area (Å²) in [6.07, 6.45) is 3.92. The van der Waals surface area contributed by atoms with Gasteiger partial charge >= 0.3 is 0 Å². The molecule has 0 unspecified atom stereocenters. The van der Waals surface area contributed by atoms with Gasteiger partial charge in [-0.2, -0.15) is 0 Å². The summed E-state index contributed by atoms with van der Waals surface area (Å²) in [7, 11) is 0. The summed E-state index contributed by atoms with van der Waals surface area (Å²) >= 11 is 0. The fourth-order valence-corrected chi connectivity index (χ4v) is 3.55. The van der Waals surface area contributed by atoms with E-state index in [9.17, 15) is 14.0 Å². The first-order chi connectivity index (χ1) is 12.0. The molecule has 3 rings (SSSR count). The standard InChI is InChI=1S/C19H25FN2O3/c1-2-3-7-17(23)21-10-8-19(9-11-21)14-22(18(24)13-25-19)16-6-4-5-15(20)12-16/h4-6,12H,2-3,7-11,13-14H2,1H3. The first-order valence-electron chi connectivity index (χ1n) is 9.01. The Morgan fingerprint density at radius 2 is 2.08 bits per heavy atom. The molecular weight excluding hydrogens is 323 g/mol. The van der Waals surface area contributed by atoms with Crippen molar-refractivity contribution in [2.75, 3.05) is 31.1 Å². The van der Waals surface area contributed by atoms with E-state index in [1.54, 1.807) is 17.0 Å². The van der Waals surface area contributed by atoms with Crippen LogP contribution < -0.4 is 4.90 Å². The molecule has 0 radical (unpaired) electrons. The van der Waals surface area contributed by atoms with Crippen molar-refractivity contribution in [2.24, 2.45) is 0 Å². The molecule has 0 saturated carbocycles. The number of carbonyl (C=O) groups is 2. The topological polar surface area (TPSA) is 49.9 Å². The molecule has 0 aromatic heterocycles. The Kier molecular flexibility index (Phi) is 5.37. The molecule has 0 atom stereocenters. The molecule has 0 N–H and O–H groups in total. The van der Waals surface area contributed by atoms with E-state index < -0.39 is 5.60 Å². The lowest BCUT2D eigenvalue weighted by Crippen LogP contribution is -2.59. The van der Waals surface area contributed by atoms with Crippen molar-refractivity contribution < 1.29 is 18.7 Å².